The van der Waals surface area contributed by atoms with E-state index in [0.717, 1.165) is 5.56 Å². The van der Waals surface area contributed by atoms with Crippen molar-refractivity contribution < 1.29 is 0 Å². The Morgan fingerprint density at radius 3 is 2.75 bits per heavy atom. The number of hydrogen-bond acceptors (Lipinski definition) is 2. The number of anilines is 1. The van der Waals surface area contributed by atoms with Crippen LogP contribution in [0.1, 0.15) is 11.6 Å². The van der Waals surface area contributed by atoms with Gasteiger partial charge < -0.3 is 11.5 Å². The van der Waals surface area contributed by atoms with Crippen LogP contribution in [0.5, 0.6) is 0 Å². The molecule has 0 aliphatic carbocycles. The molecule has 0 fully saturated rings. The van der Waals surface area contributed by atoms with E-state index in [-0.39, 0.29) is 6.04 Å². The van der Waals surface area contributed by atoms with Crippen molar-refractivity contribution in [1.29, 1.82) is 0 Å². The second-order valence-corrected chi connectivity index (χ2v) is 2.97. The monoisotopic (exact) mass is 182 g/mol. The summed E-state index contributed by atoms with van der Waals surface area (Å²) in [6.07, 6.45) is 1.63. The highest BCUT2D eigenvalue weighted by Crippen LogP contribution is 2.23. The summed E-state index contributed by atoms with van der Waals surface area (Å²) in [7, 11) is 0. The summed E-state index contributed by atoms with van der Waals surface area (Å²) in [6, 6.07) is 4.98. The summed E-state index contributed by atoms with van der Waals surface area (Å²) >= 11 is 5.77. The van der Waals surface area contributed by atoms with Crippen LogP contribution in [0.4, 0.5) is 5.69 Å². The smallest absolute Gasteiger partial charge is 0.0499 e. The average Bonchev–Trinajstić information content (AvgIpc) is 2.08. The van der Waals surface area contributed by atoms with Crippen LogP contribution in [-0.4, -0.2) is 0 Å². The van der Waals surface area contributed by atoms with Gasteiger partial charge in [0.15, 0.2) is 0 Å². The Labute approximate surface area is 76.8 Å². The molecule has 0 saturated heterocycles. The van der Waals surface area contributed by atoms with E-state index in [0.29, 0.717) is 10.7 Å². The largest absolute Gasteiger partial charge is 0.398 e. The van der Waals surface area contributed by atoms with Crippen LogP contribution in [0, 0.1) is 0 Å². The van der Waals surface area contributed by atoms with E-state index in [1.165, 1.54) is 0 Å². The predicted octanol–water partition coefficient (Wildman–Crippen LogP) is 2.11. The van der Waals surface area contributed by atoms with Gasteiger partial charge in [-0.1, -0.05) is 17.7 Å². The van der Waals surface area contributed by atoms with Gasteiger partial charge in [0.05, 0.1) is 0 Å². The molecule has 0 unspecified atom stereocenters. The minimum absolute atomic E-state index is 0.247. The van der Waals surface area contributed by atoms with E-state index >= 15 is 0 Å². The summed E-state index contributed by atoms with van der Waals surface area (Å²) in [5.74, 6) is 0. The maximum atomic E-state index is 5.77. The van der Waals surface area contributed by atoms with Crippen molar-refractivity contribution in [2.75, 3.05) is 5.73 Å². The van der Waals surface area contributed by atoms with E-state index in [4.69, 9.17) is 23.1 Å². The van der Waals surface area contributed by atoms with E-state index in [1.807, 2.05) is 0 Å². The van der Waals surface area contributed by atoms with E-state index in [9.17, 15) is 0 Å². The third-order valence-corrected chi connectivity index (χ3v) is 1.90. The lowest BCUT2D eigenvalue weighted by Crippen LogP contribution is -2.09. The molecule has 0 spiro atoms. The Kier molecular flexibility index (Phi) is 2.74. The van der Waals surface area contributed by atoms with Crippen LogP contribution in [-0.2, 0) is 0 Å². The van der Waals surface area contributed by atoms with E-state index in [2.05, 4.69) is 6.58 Å². The maximum absolute atomic E-state index is 5.77. The maximum Gasteiger partial charge on any atom is 0.0499 e. The number of nitrogen functional groups attached to an aromatic ring is 1. The number of hydrogen-bond donors (Lipinski definition) is 2. The predicted molar refractivity (Wildman–Crippen MR) is 53.0 cm³/mol. The standard InChI is InChI=1S/C9H11ClN2/c1-2-8(11)7-5-6(10)3-4-9(7)12/h2-5,8H,1,11-12H2/t8-/m1/s1. The van der Waals surface area contributed by atoms with Crippen LogP contribution >= 0.6 is 11.6 Å². The minimum atomic E-state index is -0.247. The first kappa shape index (κ1) is 9.10. The zero-order chi connectivity index (χ0) is 9.14. The van der Waals surface area contributed by atoms with Crippen molar-refractivity contribution in [2.24, 2.45) is 5.73 Å². The zero-order valence-corrected chi connectivity index (χ0v) is 7.38. The Morgan fingerprint density at radius 2 is 2.17 bits per heavy atom. The SMILES string of the molecule is C=C[C@@H](N)c1cc(Cl)ccc1N. The van der Waals surface area contributed by atoms with Crippen molar-refractivity contribution in [3.8, 4) is 0 Å². The molecule has 4 N–H and O–H groups in total. The number of halogens is 1. The van der Waals surface area contributed by atoms with Crippen LogP contribution in [0.25, 0.3) is 0 Å². The highest BCUT2D eigenvalue weighted by atomic mass is 35.5. The fourth-order valence-corrected chi connectivity index (χ4v) is 1.14. The van der Waals surface area contributed by atoms with Crippen molar-refractivity contribution in [3.63, 3.8) is 0 Å². The van der Waals surface area contributed by atoms with Crippen molar-refractivity contribution in [1.82, 2.24) is 0 Å². The first-order valence-electron chi connectivity index (χ1n) is 3.58. The first-order chi connectivity index (χ1) is 5.65. The molecule has 12 heavy (non-hydrogen) atoms. The minimum Gasteiger partial charge on any atom is -0.398 e. The second-order valence-electron chi connectivity index (χ2n) is 2.53. The molecular weight excluding hydrogens is 172 g/mol. The summed E-state index contributed by atoms with van der Waals surface area (Å²) in [5.41, 5.74) is 12.8. The fraction of sp³-hybridized carbons (Fsp3) is 0.111. The molecule has 0 saturated carbocycles. The van der Waals surface area contributed by atoms with Gasteiger partial charge in [0.25, 0.3) is 0 Å². The molecule has 1 rings (SSSR count). The van der Waals surface area contributed by atoms with Gasteiger partial charge >= 0.3 is 0 Å². The highest BCUT2D eigenvalue weighted by Gasteiger charge is 2.05. The molecule has 0 heterocycles. The first-order valence-corrected chi connectivity index (χ1v) is 3.96. The summed E-state index contributed by atoms with van der Waals surface area (Å²) in [5, 5.41) is 0.636. The molecule has 64 valence electrons. The third-order valence-electron chi connectivity index (χ3n) is 1.66. The Balaban J connectivity index is 3.12. The van der Waals surface area contributed by atoms with Gasteiger partial charge in [0, 0.05) is 16.8 Å². The van der Waals surface area contributed by atoms with Crippen molar-refractivity contribution in [2.45, 2.75) is 6.04 Å². The molecule has 2 nitrogen and oxygen atoms in total. The number of nitrogens with two attached hydrogens (primary N) is 2. The van der Waals surface area contributed by atoms with Gasteiger partial charge in [0.1, 0.15) is 0 Å². The Hall–Kier alpha value is -0.990. The normalized spacial score (nSPS) is 12.5. The molecule has 0 bridgehead atoms. The molecule has 0 radical (unpaired) electrons. The van der Waals surface area contributed by atoms with Crippen LogP contribution in [0.3, 0.4) is 0 Å². The van der Waals surface area contributed by atoms with Gasteiger partial charge in [-0.15, -0.1) is 6.58 Å². The third kappa shape index (κ3) is 1.78. The fourth-order valence-electron chi connectivity index (χ4n) is 0.961. The van der Waals surface area contributed by atoms with Gasteiger partial charge in [-0.25, -0.2) is 0 Å². The van der Waals surface area contributed by atoms with Crippen LogP contribution in [0.2, 0.25) is 5.02 Å². The molecule has 1 atom stereocenters. The lowest BCUT2D eigenvalue weighted by Gasteiger charge is -2.09. The molecule has 0 amide bonds. The van der Waals surface area contributed by atoms with Crippen LogP contribution < -0.4 is 11.5 Å². The molecular formula is C9H11ClN2. The topological polar surface area (TPSA) is 52.0 Å². The molecule has 3 heteroatoms. The number of rotatable bonds is 2. The number of benzene rings is 1. The Morgan fingerprint density at radius 1 is 1.50 bits per heavy atom. The second kappa shape index (κ2) is 3.61. The quantitative estimate of drug-likeness (QED) is 0.544. The lowest BCUT2D eigenvalue weighted by molar-refractivity contribution is 0.918. The van der Waals surface area contributed by atoms with Crippen LogP contribution in [0.15, 0.2) is 30.9 Å². The van der Waals surface area contributed by atoms with Gasteiger partial charge in [-0.3, -0.25) is 0 Å². The Bertz CT molecular complexity index is 297. The summed E-state index contributed by atoms with van der Waals surface area (Å²) in [4.78, 5) is 0. The van der Waals surface area contributed by atoms with Gasteiger partial charge in [0.2, 0.25) is 0 Å². The molecule has 0 aromatic heterocycles. The summed E-state index contributed by atoms with van der Waals surface area (Å²) in [6.45, 7) is 3.58. The molecule has 1 aromatic rings. The molecule has 0 aliphatic rings. The van der Waals surface area contributed by atoms with E-state index < -0.39 is 0 Å². The van der Waals surface area contributed by atoms with E-state index in [1.54, 1.807) is 24.3 Å². The summed E-state index contributed by atoms with van der Waals surface area (Å²) < 4.78 is 0. The van der Waals surface area contributed by atoms with Gasteiger partial charge in [-0.2, -0.15) is 0 Å². The van der Waals surface area contributed by atoms with Crippen molar-refractivity contribution in [3.05, 3.63) is 41.4 Å². The van der Waals surface area contributed by atoms with Gasteiger partial charge in [-0.05, 0) is 23.8 Å². The highest BCUT2D eigenvalue weighted by molar-refractivity contribution is 6.30. The molecule has 0 aliphatic heterocycles. The lowest BCUT2D eigenvalue weighted by atomic mass is 10.1. The zero-order valence-electron chi connectivity index (χ0n) is 6.63. The average molecular weight is 183 g/mol. The van der Waals surface area contributed by atoms with Crippen molar-refractivity contribution >= 4 is 17.3 Å². The molecule has 1 aromatic carbocycles.